The third-order valence-corrected chi connectivity index (χ3v) is 5.08. The second-order valence-corrected chi connectivity index (χ2v) is 6.94. The van der Waals surface area contributed by atoms with Crippen molar-refractivity contribution in [3.8, 4) is 0 Å². The van der Waals surface area contributed by atoms with Crippen LogP contribution in [0.25, 0.3) is 0 Å². The highest BCUT2D eigenvalue weighted by Crippen LogP contribution is 2.33. The van der Waals surface area contributed by atoms with Crippen LogP contribution in [0.15, 0.2) is 42.7 Å². The summed E-state index contributed by atoms with van der Waals surface area (Å²) in [5, 5.41) is 3.11. The van der Waals surface area contributed by atoms with Crippen molar-refractivity contribution in [3.05, 3.63) is 64.7 Å². The smallest absolute Gasteiger partial charge is 0.245 e. The number of nitrogens with zero attached hydrogens (tertiary/aromatic N) is 2. The zero-order valence-corrected chi connectivity index (χ0v) is 15.1. The van der Waals surface area contributed by atoms with E-state index in [9.17, 15) is 14.0 Å². The predicted octanol–water partition coefficient (Wildman–Crippen LogP) is 3.07. The Kier molecular flexibility index (Phi) is 5.23. The highest BCUT2D eigenvalue weighted by molar-refractivity contribution is 6.31. The summed E-state index contributed by atoms with van der Waals surface area (Å²) in [6.45, 7) is 2.24. The lowest BCUT2D eigenvalue weighted by atomic mass is 9.97. The van der Waals surface area contributed by atoms with Crippen molar-refractivity contribution in [1.82, 2.24) is 15.2 Å². The van der Waals surface area contributed by atoms with Gasteiger partial charge in [0, 0.05) is 36.9 Å². The number of nitrogens with one attached hydrogen (secondary N) is 1. The maximum Gasteiger partial charge on any atom is 0.245 e. The van der Waals surface area contributed by atoms with E-state index in [1.165, 1.54) is 23.1 Å². The van der Waals surface area contributed by atoms with Crippen molar-refractivity contribution in [2.45, 2.75) is 38.4 Å². The van der Waals surface area contributed by atoms with Crippen LogP contribution < -0.4 is 5.32 Å². The van der Waals surface area contributed by atoms with E-state index in [1.54, 1.807) is 25.4 Å². The quantitative estimate of drug-likeness (QED) is 0.873. The highest BCUT2D eigenvalue weighted by atomic mass is 35.5. The number of aromatic nitrogens is 1. The molecule has 2 heterocycles. The molecule has 0 bridgehead atoms. The maximum atomic E-state index is 13.2. The number of halogens is 2. The van der Waals surface area contributed by atoms with Gasteiger partial charge in [-0.1, -0.05) is 23.7 Å². The van der Waals surface area contributed by atoms with Gasteiger partial charge in [0.2, 0.25) is 11.8 Å². The maximum absolute atomic E-state index is 13.2. The summed E-state index contributed by atoms with van der Waals surface area (Å²) in [6.07, 6.45) is 4.05. The van der Waals surface area contributed by atoms with Gasteiger partial charge in [0.1, 0.15) is 11.4 Å². The van der Waals surface area contributed by atoms with E-state index in [4.69, 9.17) is 11.6 Å². The number of likely N-dealkylation sites (tertiary alicyclic amines) is 1. The zero-order chi connectivity index (χ0) is 18.7. The number of hydrogen-bond donors (Lipinski definition) is 1. The van der Waals surface area contributed by atoms with Crippen LogP contribution in [0.3, 0.4) is 0 Å². The Balaban J connectivity index is 1.75. The van der Waals surface area contributed by atoms with Crippen molar-refractivity contribution in [1.29, 1.82) is 0 Å². The lowest BCUT2D eigenvalue weighted by Crippen LogP contribution is -2.53. The van der Waals surface area contributed by atoms with Crippen molar-refractivity contribution in [2.24, 2.45) is 0 Å². The van der Waals surface area contributed by atoms with Crippen molar-refractivity contribution < 1.29 is 14.0 Å². The Morgan fingerprint density at radius 2 is 2.23 bits per heavy atom. The largest absolute Gasteiger partial charge is 0.350 e. The molecule has 1 fully saturated rings. The van der Waals surface area contributed by atoms with E-state index in [0.29, 0.717) is 18.5 Å². The third-order valence-electron chi connectivity index (χ3n) is 4.73. The minimum Gasteiger partial charge on any atom is -0.350 e. The van der Waals surface area contributed by atoms with Crippen LogP contribution in [0.4, 0.5) is 4.39 Å². The van der Waals surface area contributed by atoms with Gasteiger partial charge in [-0.25, -0.2) is 4.39 Å². The van der Waals surface area contributed by atoms with Gasteiger partial charge in [-0.15, -0.1) is 0 Å². The van der Waals surface area contributed by atoms with E-state index < -0.39 is 11.4 Å². The van der Waals surface area contributed by atoms with Gasteiger partial charge in [0.15, 0.2) is 0 Å². The Bertz CT molecular complexity index is 831. The van der Waals surface area contributed by atoms with E-state index in [2.05, 4.69) is 10.3 Å². The molecule has 0 spiro atoms. The summed E-state index contributed by atoms with van der Waals surface area (Å²) >= 11 is 6.08. The molecule has 1 atom stereocenters. The fourth-order valence-corrected chi connectivity index (χ4v) is 3.32. The average molecular weight is 376 g/mol. The molecule has 7 heteroatoms. The van der Waals surface area contributed by atoms with Crippen LogP contribution in [0, 0.1) is 5.82 Å². The van der Waals surface area contributed by atoms with Gasteiger partial charge < -0.3 is 10.2 Å². The molecule has 1 saturated heterocycles. The minimum atomic E-state index is -0.975. The summed E-state index contributed by atoms with van der Waals surface area (Å²) < 4.78 is 13.2. The van der Waals surface area contributed by atoms with Gasteiger partial charge in [-0.3, -0.25) is 14.6 Å². The molecule has 26 heavy (non-hydrogen) atoms. The normalized spacial score (nSPS) is 19.7. The zero-order valence-electron chi connectivity index (χ0n) is 14.3. The van der Waals surface area contributed by atoms with E-state index in [1.807, 2.05) is 6.07 Å². The van der Waals surface area contributed by atoms with E-state index >= 15 is 0 Å². The number of pyridine rings is 1. The molecule has 1 aliphatic heterocycles. The summed E-state index contributed by atoms with van der Waals surface area (Å²) in [7, 11) is 0. The summed E-state index contributed by atoms with van der Waals surface area (Å²) in [4.78, 5) is 30.7. The van der Waals surface area contributed by atoms with Gasteiger partial charge in [-0.05, 0) is 42.7 Å². The van der Waals surface area contributed by atoms with Gasteiger partial charge in [0.05, 0.1) is 0 Å². The highest BCUT2D eigenvalue weighted by Gasteiger charge is 2.47. The first-order chi connectivity index (χ1) is 12.4. The molecule has 0 radical (unpaired) electrons. The van der Waals surface area contributed by atoms with Crippen LogP contribution in [0.5, 0.6) is 0 Å². The van der Waals surface area contributed by atoms with Crippen LogP contribution in [-0.4, -0.2) is 27.2 Å². The van der Waals surface area contributed by atoms with Crippen molar-refractivity contribution in [3.63, 3.8) is 0 Å². The predicted molar refractivity (Wildman–Crippen MR) is 95.7 cm³/mol. The monoisotopic (exact) mass is 375 g/mol. The van der Waals surface area contributed by atoms with Gasteiger partial charge in [-0.2, -0.15) is 0 Å². The number of carbonyl (C=O) groups excluding carboxylic acids is 2. The van der Waals surface area contributed by atoms with Crippen LogP contribution in [-0.2, 0) is 22.7 Å². The molecular formula is C19H19ClFN3O2. The minimum absolute atomic E-state index is 0.121. The number of carbonyl (C=O) groups is 2. The van der Waals surface area contributed by atoms with Crippen LogP contribution in [0.1, 0.15) is 30.9 Å². The first-order valence-corrected chi connectivity index (χ1v) is 8.69. The molecule has 2 amide bonds. The summed E-state index contributed by atoms with van der Waals surface area (Å²) in [5.74, 6) is -0.793. The molecule has 1 aromatic heterocycles. The van der Waals surface area contributed by atoms with E-state index in [-0.39, 0.29) is 29.8 Å². The Hall–Kier alpha value is -2.47. The molecule has 0 saturated carbocycles. The van der Waals surface area contributed by atoms with Crippen molar-refractivity contribution >= 4 is 23.4 Å². The number of hydrogen-bond acceptors (Lipinski definition) is 3. The van der Waals surface area contributed by atoms with Gasteiger partial charge in [0.25, 0.3) is 0 Å². The topological polar surface area (TPSA) is 62.3 Å². The molecule has 5 nitrogen and oxygen atoms in total. The molecule has 0 aliphatic carbocycles. The fraction of sp³-hybridized carbons (Fsp3) is 0.316. The lowest BCUT2D eigenvalue weighted by molar-refractivity contribution is -0.141. The first kappa shape index (κ1) is 18.3. The average Bonchev–Trinajstić information content (AvgIpc) is 2.92. The molecule has 1 N–H and O–H groups in total. The molecule has 1 aromatic carbocycles. The number of rotatable bonds is 5. The van der Waals surface area contributed by atoms with E-state index in [0.717, 1.165) is 5.56 Å². The molecule has 2 aromatic rings. The number of amides is 2. The summed E-state index contributed by atoms with van der Waals surface area (Å²) in [5.41, 5.74) is 0.508. The Morgan fingerprint density at radius 3 is 2.92 bits per heavy atom. The fourth-order valence-electron chi connectivity index (χ4n) is 3.09. The first-order valence-electron chi connectivity index (χ1n) is 8.32. The standard InChI is InChI=1S/C19H19ClFN3O2/c1-19(18(26)23-11-13-3-2-8-22-10-13)7-6-17(25)24(19)12-14-4-5-15(21)9-16(14)20/h2-5,8-10H,6-7,11-12H2,1H3,(H,23,26). The molecule has 3 rings (SSSR count). The number of benzene rings is 1. The third kappa shape index (κ3) is 3.70. The Morgan fingerprint density at radius 1 is 1.42 bits per heavy atom. The second-order valence-electron chi connectivity index (χ2n) is 6.53. The van der Waals surface area contributed by atoms with Crippen LogP contribution in [0.2, 0.25) is 5.02 Å². The van der Waals surface area contributed by atoms with Crippen LogP contribution >= 0.6 is 11.6 Å². The second kappa shape index (κ2) is 7.41. The SMILES string of the molecule is CC1(C(=O)NCc2cccnc2)CCC(=O)N1Cc1ccc(F)cc1Cl. The molecule has 136 valence electrons. The summed E-state index contributed by atoms with van der Waals surface area (Å²) in [6, 6.07) is 7.70. The van der Waals surface area contributed by atoms with Crippen molar-refractivity contribution in [2.75, 3.05) is 0 Å². The molecule has 1 unspecified atom stereocenters. The molecule has 1 aliphatic rings. The van der Waals surface area contributed by atoms with Gasteiger partial charge >= 0.3 is 0 Å². The lowest BCUT2D eigenvalue weighted by Gasteiger charge is -2.34. The molecular weight excluding hydrogens is 357 g/mol. The Labute approximate surface area is 156 Å².